The topological polar surface area (TPSA) is 60.7 Å². The Hall–Kier alpha value is -0.0300. The molecule has 0 spiro atoms. The van der Waals surface area contributed by atoms with Crippen LogP contribution in [0.15, 0.2) is 0 Å². The lowest BCUT2D eigenvalue weighted by atomic mass is 10.0. The number of hydrogen-bond donors (Lipinski definition) is 3. The molecule has 0 aromatic rings. The Morgan fingerprint density at radius 3 is 2.29 bits per heavy atom. The highest BCUT2D eigenvalue weighted by atomic mass is 32.1. The highest BCUT2D eigenvalue weighted by molar-refractivity contribution is 7.79. The largest absolute Gasteiger partial charge is 0.390 e. The Balaban J connectivity index is 3.61. The molecular formula is C10H20O3S. The molecule has 0 amide bonds. The first-order valence-corrected chi connectivity index (χ1v) is 5.60. The molecule has 4 heteroatoms. The molecule has 0 saturated heterocycles. The van der Waals surface area contributed by atoms with Crippen molar-refractivity contribution in [1.82, 2.24) is 0 Å². The van der Waals surface area contributed by atoms with Crippen LogP contribution in [0.4, 0.5) is 0 Å². The molecule has 0 aliphatic rings. The normalized spacial score (nSPS) is 17.4. The van der Waals surface area contributed by atoms with Gasteiger partial charge < -0.3 is 15.3 Å². The van der Waals surface area contributed by atoms with E-state index in [0.29, 0.717) is 6.42 Å². The fraction of sp³-hybridized carbons (Fsp3) is 0.900. The minimum Gasteiger partial charge on any atom is -0.390 e. The maximum Gasteiger partial charge on any atom is 0.111 e. The molecule has 0 aromatic heterocycles. The van der Waals surface area contributed by atoms with Crippen molar-refractivity contribution in [3.8, 4) is 0 Å². The van der Waals surface area contributed by atoms with Crippen LogP contribution < -0.4 is 0 Å². The molecule has 0 aliphatic heterocycles. The van der Waals surface area contributed by atoms with Crippen LogP contribution in [0.5, 0.6) is 0 Å². The van der Waals surface area contributed by atoms with E-state index in [4.69, 9.17) is 5.11 Å². The molecule has 0 heterocycles. The van der Waals surface area contributed by atoms with E-state index in [-0.39, 0.29) is 0 Å². The average molecular weight is 220 g/mol. The van der Waals surface area contributed by atoms with Crippen LogP contribution in [-0.2, 0) is 0 Å². The molecule has 3 nitrogen and oxygen atoms in total. The molecule has 0 saturated carbocycles. The monoisotopic (exact) mass is 220 g/mol. The van der Waals surface area contributed by atoms with Gasteiger partial charge in [-0.3, -0.25) is 0 Å². The van der Waals surface area contributed by atoms with Gasteiger partial charge in [-0.1, -0.05) is 44.8 Å². The van der Waals surface area contributed by atoms with Crippen LogP contribution in [0.1, 0.15) is 39.0 Å². The van der Waals surface area contributed by atoms with Gasteiger partial charge in [0, 0.05) is 5.37 Å². The van der Waals surface area contributed by atoms with Gasteiger partial charge in [0.05, 0.1) is 6.10 Å². The Bertz CT molecular complexity index is 152. The quantitative estimate of drug-likeness (QED) is 0.422. The van der Waals surface area contributed by atoms with Gasteiger partial charge in [-0.05, 0) is 6.42 Å². The second-order valence-corrected chi connectivity index (χ2v) is 3.81. The maximum atomic E-state index is 9.44. The van der Waals surface area contributed by atoms with Crippen molar-refractivity contribution >= 4 is 17.6 Å². The van der Waals surface area contributed by atoms with E-state index in [1.165, 1.54) is 0 Å². The number of aliphatic hydroxyl groups is 3. The van der Waals surface area contributed by atoms with Crippen molar-refractivity contribution < 1.29 is 15.3 Å². The Morgan fingerprint density at radius 2 is 1.79 bits per heavy atom. The van der Waals surface area contributed by atoms with E-state index < -0.39 is 18.3 Å². The summed E-state index contributed by atoms with van der Waals surface area (Å²) in [6.45, 7) is 2.11. The summed E-state index contributed by atoms with van der Waals surface area (Å²) in [5.41, 5.74) is 0. The van der Waals surface area contributed by atoms with E-state index in [1.54, 1.807) is 0 Å². The van der Waals surface area contributed by atoms with E-state index >= 15 is 0 Å². The molecular weight excluding hydrogens is 200 g/mol. The Kier molecular flexibility index (Phi) is 8.27. The zero-order valence-electron chi connectivity index (χ0n) is 8.59. The lowest BCUT2D eigenvalue weighted by Gasteiger charge is -2.19. The molecule has 0 fully saturated rings. The Morgan fingerprint density at radius 1 is 1.14 bits per heavy atom. The number of aliphatic hydroxyl groups excluding tert-OH is 3. The number of thiocarbonyl (C=S) groups is 1. The second-order valence-electron chi connectivity index (χ2n) is 3.53. The zero-order valence-corrected chi connectivity index (χ0v) is 9.41. The van der Waals surface area contributed by atoms with E-state index in [1.807, 2.05) is 0 Å². The molecule has 0 aromatic carbocycles. The van der Waals surface area contributed by atoms with Gasteiger partial charge in [-0.15, -0.1) is 0 Å². The average Bonchev–Trinajstić information content (AvgIpc) is 2.21. The first kappa shape index (κ1) is 14.0. The third kappa shape index (κ3) is 5.65. The predicted octanol–water partition coefficient (Wildman–Crippen LogP) is 1.04. The molecule has 0 bridgehead atoms. The van der Waals surface area contributed by atoms with Crippen LogP contribution in [0.25, 0.3) is 0 Å². The number of rotatable bonds is 8. The molecule has 84 valence electrons. The van der Waals surface area contributed by atoms with Gasteiger partial charge in [0.15, 0.2) is 0 Å². The summed E-state index contributed by atoms with van der Waals surface area (Å²) in [7, 11) is 0. The van der Waals surface area contributed by atoms with Crippen molar-refractivity contribution in [1.29, 1.82) is 0 Å². The first-order valence-electron chi connectivity index (χ1n) is 5.13. The van der Waals surface area contributed by atoms with Crippen LogP contribution >= 0.6 is 12.2 Å². The summed E-state index contributed by atoms with van der Waals surface area (Å²) in [5, 5.41) is 29.0. The molecule has 3 N–H and O–H groups in total. The summed E-state index contributed by atoms with van der Waals surface area (Å²) in [4.78, 5) is 0. The van der Waals surface area contributed by atoms with Crippen LogP contribution in [0.3, 0.4) is 0 Å². The SMILES string of the molecule is CCCCCC[C@@H](O)[C@@H](O)[C@@H](O)C=S. The van der Waals surface area contributed by atoms with Gasteiger partial charge in [-0.2, -0.15) is 0 Å². The van der Waals surface area contributed by atoms with Crippen LogP contribution in [0, 0.1) is 0 Å². The molecule has 0 unspecified atom stereocenters. The highest BCUT2D eigenvalue weighted by Gasteiger charge is 2.21. The fourth-order valence-electron chi connectivity index (χ4n) is 1.26. The lowest BCUT2D eigenvalue weighted by molar-refractivity contribution is -0.0360. The first-order chi connectivity index (χ1) is 6.63. The summed E-state index contributed by atoms with van der Waals surface area (Å²) >= 11 is 4.48. The van der Waals surface area contributed by atoms with Gasteiger partial charge in [-0.25, -0.2) is 0 Å². The zero-order chi connectivity index (χ0) is 11.0. The van der Waals surface area contributed by atoms with E-state index in [2.05, 4.69) is 19.1 Å². The molecule has 14 heavy (non-hydrogen) atoms. The van der Waals surface area contributed by atoms with Gasteiger partial charge in [0.2, 0.25) is 0 Å². The van der Waals surface area contributed by atoms with Crippen molar-refractivity contribution in [3.05, 3.63) is 0 Å². The van der Waals surface area contributed by atoms with Gasteiger partial charge >= 0.3 is 0 Å². The minimum absolute atomic E-state index is 0.515. The Labute approximate surface area is 90.8 Å². The summed E-state index contributed by atoms with van der Waals surface area (Å²) in [6, 6.07) is 0. The second kappa shape index (κ2) is 8.29. The van der Waals surface area contributed by atoms with E-state index in [0.717, 1.165) is 31.1 Å². The van der Waals surface area contributed by atoms with Crippen LogP contribution in [-0.4, -0.2) is 39.0 Å². The fourth-order valence-corrected chi connectivity index (χ4v) is 1.42. The number of hydrogen-bond acceptors (Lipinski definition) is 4. The maximum absolute atomic E-state index is 9.44. The van der Waals surface area contributed by atoms with Crippen molar-refractivity contribution in [2.24, 2.45) is 0 Å². The van der Waals surface area contributed by atoms with Crippen molar-refractivity contribution in [2.75, 3.05) is 0 Å². The molecule has 0 rings (SSSR count). The summed E-state index contributed by atoms with van der Waals surface area (Å²) in [6.07, 6.45) is 1.59. The van der Waals surface area contributed by atoms with Gasteiger partial charge in [0.25, 0.3) is 0 Å². The van der Waals surface area contributed by atoms with Crippen molar-refractivity contribution in [2.45, 2.75) is 57.3 Å². The molecule has 0 aliphatic carbocycles. The van der Waals surface area contributed by atoms with Gasteiger partial charge in [0.1, 0.15) is 12.2 Å². The standard InChI is InChI=1S/C10H20O3S/c1-2-3-4-5-6-8(11)10(13)9(12)7-14/h7-13H,2-6H2,1H3/t8-,9+,10-/m1/s1. The van der Waals surface area contributed by atoms with Crippen molar-refractivity contribution in [3.63, 3.8) is 0 Å². The third-order valence-electron chi connectivity index (χ3n) is 2.24. The molecule has 0 radical (unpaired) electrons. The third-order valence-corrected chi connectivity index (χ3v) is 2.52. The lowest BCUT2D eigenvalue weighted by Crippen LogP contribution is -2.37. The summed E-state index contributed by atoms with van der Waals surface area (Å²) < 4.78 is 0. The minimum atomic E-state index is -1.14. The highest BCUT2D eigenvalue weighted by Crippen LogP contribution is 2.10. The van der Waals surface area contributed by atoms with Crippen LogP contribution in [0.2, 0.25) is 0 Å². The number of unbranched alkanes of at least 4 members (excludes halogenated alkanes) is 3. The van der Waals surface area contributed by atoms with E-state index in [9.17, 15) is 10.2 Å². The smallest absolute Gasteiger partial charge is 0.111 e. The predicted molar refractivity (Wildman–Crippen MR) is 60.4 cm³/mol. The molecule has 3 atom stereocenters. The summed E-state index contributed by atoms with van der Waals surface area (Å²) in [5.74, 6) is 0.